The second-order valence-corrected chi connectivity index (χ2v) is 4.77. The molecular formula is C11H11N5OS. The van der Waals surface area contributed by atoms with Crippen molar-refractivity contribution in [3.05, 3.63) is 35.4 Å². The molecule has 0 fully saturated rings. The van der Waals surface area contributed by atoms with Gasteiger partial charge in [0.05, 0.1) is 5.92 Å². The number of carbonyl (C=O) groups excluding carboxylic acids is 1. The highest BCUT2D eigenvalue weighted by Gasteiger charge is 2.26. The zero-order valence-corrected chi connectivity index (χ0v) is 10.3. The molecule has 1 aromatic heterocycles. The topological polar surface area (TPSA) is 79.8 Å². The average Bonchev–Trinajstić information content (AvgIpc) is 2.91. The number of hydrogen-bond acceptors (Lipinski definition) is 6. The Bertz CT molecular complexity index is 556. The number of carbonyl (C=O) groups is 1. The summed E-state index contributed by atoms with van der Waals surface area (Å²) in [5, 5.41) is 13.6. The molecule has 6 nitrogen and oxygen atoms in total. The molecule has 0 aliphatic carbocycles. The van der Waals surface area contributed by atoms with Crippen molar-refractivity contribution in [2.75, 3.05) is 11.9 Å². The summed E-state index contributed by atoms with van der Waals surface area (Å²) in [6.07, 6.45) is 0. The molecule has 1 atom stereocenters. The monoisotopic (exact) mass is 261 g/mol. The minimum atomic E-state index is -0.196. The van der Waals surface area contributed by atoms with E-state index in [2.05, 4.69) is 25.4 Å². The number of hydrogen-bond donors (Lipinski definition) is 2. The molecule has 7 heteroatoms. The lowest BCUT2D eigenvalue weighted by molar-refractivity contribution is -0.117. The second kappa shape index (κ2) is 4.79. The summed E-state index contributed by atoms with van der Waals surface area (Å²) < 4.78 is 3.61. The van der Waals surface area contributed by atoms with Gasteiger partial charge in [-0.15, -0.1) is 0 Å². The van der Waals surface area contributed by atoms with Gasteiger partial charge in [-0.25, -0.2) is 0 Å². The first kappa shape index (κ1) is 11.2. The molecule has 0 saturated heterocycles. The number of anilines is 1. The van der Waals surface area contributed by atoms with Crippen molar-refractivity contribution < 1.29 is 4.79 Å². The number of fused-ring (bicyclic) bond motifs is 1. The summed E-state index contributed by atoms with van der Waals surface area (Å²) in [6, 6.07) is 7.97. The van der Waals surface area contributed by atoms with E-state index in [9.17, 15) is 4.79 Å². The molecule has 0 radical (unpaired) electrons. The molecule has 0 spiro atoms. The van der Waals surface area contributed by atoms with Crippen molar-refractivity contribution in [2.45, 2.75) is 12.5 Å². The fraction of sp³-hybridized carbons (Fsp3) is 0.273. The summed E-state index contributed by atoms with van der Waals surface area (Å²) in [5.74, 6) is -0.271. The quantitative estimate of drug-likeness (QED) is 0.834. The Labute approximate surface area is 108 Å². The number of nitrogens with zero attached hydrogens (tertiary/aromatic N) is 3. The smallest absolute Gasteiger partial charge is 0.235 e. The summed E-state index contributed by atoms with van der Waals surface area (Å²) in [6.45, 7) is 1.44. The van der Waals surface area contributed by atoms with Gasteiger partial charge in [0.1, 0.15) is 0 Å². The van der Waals surface area contributed by atoms with Gasteiger partial charge in [0.2, 0.25) is 11.0 Å². The van der Waals surface area contributed by atoms with Crippen LogP contribution < -0.4 is 10.6 Å². The lowest BCUT2D eigenvalue weighted by atomic mass is 9.90. The molecule has 2 aromatic rings. The van der Waals surface area contributed by atoms with Crippen LogP contribution in [-0.4, -0.2) is 27.3 Å². The van der Waals surface area contributed by atoms with Gasteiger partial charge in [-0.3, -0.25) is 10.1 Å². The van der Waals surface area contributed by atoms with Crippen LogP contribution in [0.1, 0.15) is 17.0 Å². The molecule has 92 valence electrons. The molecule has 1 aliphatic heterocycles. The molecule has 1 aromatic carbocycles. The van der Waals surface area contributed by atoms with Crippen molar-refractivity contribution in [1.82, 2.24) is 20.1 Å². The Kier molecular flexibility index (Phi) is 2.99. The van der Waals surface area contributed by atoms with Gasteiger partial charge in [-0.1, -0.05) is 33.9 Å². The first-order valence-corrected chi connectivity index (χ1v) is 6.36. The largest absolute Gasteiger partial charge is 0.312 e. The lowest BCUT2D eigenvalue weighted by Gasteiger charge is -2.24. The van der Waals surface area contributed by atoms with Crippen LogP contribution in [-0.2, 0) is 11.3 Å². The van der Waals surface area contributed by atoms with Gasteiger partial charge >= 0.3 is 0 Å². The number of amides is 1. The summed E-state index contributed by atoms with van der Waals surface area (Å²) in [5.41, 5.74) is 2.24. The maximum atomic E-state index is 12.2. The van der Waals surface area contributed by atoms with Crippen molar-refractivity contribution in [3.8, 4) is 0 Å². The fourth-order valence-corrected chi connectivity index (χ4v) is 2.47. The van der Waals surface area contributed by atoms with Gasteiger partial charge in [0.15, 0.2) is 0 Å². The maximum Gasteiger partial charge on any atom is 0.235 e. The van der Waals surface area contributed by atoms with Crippen LogP contribution in [0.2, 0.25) is 0 Å². The maximum absolute atomic E-state index is 12.2. The molecule has 1 unspecified atom stereocenters. The van der Waals surface area contributed by atoms with E-state index in [0.29, 0.717) is 11.7 Å². The number of aromatic nitrogens is 3. The predicted octanol–water partition coefficient (Wildman–Crippen LogP) is 0.759. The molecule has 2 heterocycles. The van der Waals surface area contributed by atoms with Crippen molar-refractivity contribution in [3.63, 3.8) is 0 Å². The molecule has 1 aliphatic rings. The Morgan fingerprint density at radius 1 is 1.44 bits per heavy atom. The Balaban J connectivity index is 1.83. The van der Waals surface area contributed by atoms with E-state index >= 15 is 0 Å². The van der Waals surface area contributed by atoms with Crippen LogP contribution in [0.3, 0.4) is 0 Å². The molecule has 3 rings (SSSR count). The summed E-state index contributed by atoms with van der Waals surface area (Å²) in [7, 11) is 0. The number of benzene rings is 1. The Hall–Kier alpha value is -1.86. The third kappa shape index (κ3) is 2.09. The average molecular weight is 261 g/mol. The zero-order valence-electron chi connectivity index (χ0n) is 9.46. The summed E-state index contributed by atoms with van der Waals surface area (Å²) in [4.78, 5) is 12.2. The molecule has 18 heavy (non-hydrogen) atoms. The normalized spacial score (nSPS) is 18.1. The lowest BCUT2D eigenvalue weighted by Crippen LogP contribution is -2.35. The molecular weight excluding hydrogens is 250 g/mol. The third-order valence-electron chi connectivity index (χ3n) is 2.94. The van der Waals surface area contributed by atoms with E-state index in [-0.39, 0.29) is 11.8 Å². The van der Waals surface area contributed by atoms with Gasteiger partial charge in [0.25, 0.3) is 0 Å². The van der Waals surface area contributed by atoms with Crippen molar-refractivity contribution >= 4 is 22.6 Å². The van der Waals surface area contributed by atoms with Crippen LogP contribution in [0.15, 0.2) is 24.3 Å². The first-order valence-electron chi connectivity index (χ1n) is 5.59. The zero-order chi connectivity index (χ0) is 12.4. The van der Waals surface area contributed by atoms with Crippen molar-refractivity contribution in [2.24, 2.45) is 0 Å². The van der Waals surface area contributed by atoms with E-state index in [0.717, 1.165) is 23.6 Å². The highest BCUT2D eigenvalue weighted by atomic mass is 32.1. The standard InChI is InChI=1S/C11H11N5OS/c17-10(13-11-14-15-16-18-11)9-6-12-5-7-3-1-2-4-8(7)9/h1-4,9,12H,5-6H2,(H,13,14,16,17). The second-order valence-electron chi connectivity index (χ2n) is 4.04. The highest BCUT2D eigenvalue weighted by molar-refractivity contribution is 7.09. The van der Waals surface area contributed by atoms with E-state index in [4.69, 9.17) is 0 Å². The first-order chi connectivity index (χ1) is 8.84. The molecule has 0 saturated carbocycles. The molecule has 1 amide bonds. The van der Waals surface area contributed by atoms with E-state index < -0.39 is 0 Å². The number of nitrogens with one attached hydrogen (secondary N) is 2. The van der Waals surface area contributed by atoms with Gasteiger partial charge in [-0.2, -0.15) is 0 Å². The fourth-order valence-electron chi connectivity index (χ4n) is 2.10. The van der Waals surface area contributed by atoms with Crippen LogP contribution in [0.4, 0.5) is 5.13 Å². The van der Waals surface area contributed by atoms with Gasteiger partial charge in [-0.05, 0) is 16.3 Å². The van der Waals surface area contributed by atoms with Crippen molar-refractivity contribution in [1.29, 1.82) is 0 Å². The van der Waals surface area contributed by atoms with Crippen LogP contribution in [0.25, 0.3) is 0 Å². The highest BCUT2D eigenvalue weighted by Crippen LogP contribution is 2.25. The van der Waals surface area contributed by atoms with E-state index in [1.165, 1.54) is 5.56 Å². The predicted molar refractivity (Wildman–Crippen MR) is 67.2 cm³/mol. The van der Waals surface area contributed by atoms with E-state index in [1.54, 1.807) is 0 Å². The van der Waals surface area contributed by atoms with Gasteiger partial charge < -0.3 is 5.32 Å². The minimum Gasteiger partial charge on any atom is -0.312 e. The number of rotatable bonds is 2. The Morgan fingerprint density at radius 3 is 3.17 bits per heavy atom. The summed E-state index contributed by atoms with van der Waals surface area (Å²) >= 11 is 1.07. The molecule has 2 N–H and O–H groups in total. The van der Waals surface area contributed by atoms with E-state index in [1.807, 2.05) is 24.3 Å². The third-order valence-corrected chi connectivity index (χ3v) is 3.45. The van der Waals surface area contributed by atoms with Gasteiger partial charge in [0, 0.05) is 24.6 Å². The van der Waals surface area contributed by atoms with Crippen LogP contribution in [0, 0.1) is 0 Å². The van der Waals surface area contributed by atoms with Crippen LogP contribution >= 0.6 is 11.5 Å². The minimum absolute atomic E-state index is 0.0757. The Morgan fingerprint density at radius 2 is 2.33 bits per heavy atom. The molecule has 0 bridgehead atoms. The van der Waals surface area contributed by atoms with Crippen LogP contribution in [0.5, 0.6) is 0 Å². The SMILES string of the molecule is O=C(Nc1nnns1)C1CNCc2ccccc21.